The highest BCUT2D eigenvalue weighted by molar-refractivity contribution is 14.0. The highest BCUT2D eigenvalue weighted by atomic mass is 127. The monoisotopic (exact) mass is 508 g/mol. The molecule has 1 fully saturated rings. The van der Waals surface area contributed by atoms with Crippen molar-refractivity contribution in [2.75, 3.05) is 26.7 Å². The third-order valence-corrected chi connectivity index (χ3v) is 5.10. The summed E-state index contributed by atoms with van der Waals surface area (Å²) in [6.07, 6.45) is 2.28. The van der Waals surface area contributed by atoms with Crippen LogP contribution in [0.4, 0.5) is 0 Å². The van der Waals surface area contributed by atoms with E-state index < -0.39 is 0 Å². The Morgan fingerprint density at radius 3 is 2.34 bits per heavy atom. The summed E-state index contributed by atoms with van der Waals surface area (Å²) in [6.45, 7) is 6.90. The predicted molar refractivity (Wildman–Crippen MR) is 131 cm³/mol. The lowest BCUT2D eigenvalue weighted by Gasteiger charge is -2.33. The molecule has 0 saturated carbocycles. The first-order valence-electron chi connectivity index (χ1n) is 10.2. The van der Waals surface area contributed by atoms with E-state index in [1.165, 1.54) is 11.1 Å². The van der Waals surface area contributed by atoms with Gasteiger partial charge in [-0.1, -0.05) is 42.5 Å². The molecule has 2 aromatic carbocycles. The van der Waals surface area contributed by atoms with Gasteiger partial charge in [-0.3, -0.25) is 4.90 Å². The average molecular weight is 508 g/mol. The minimum atomic E-state index is 0. The molecule has 0 amide bonds. The Hall–Kier alpha value is -1.80. The van der Waals surface area contributed by atoms with Crippen molar-refractivity contribution in [3.63, 3.8) is 0 Å². The number of hydrogen-bond donors (Lipinski definition) is 2. The molecule has 0 atom stereocenters. The molecule has 0 spiro atoms. The summed E-state index contributed by atoms with van der Waals surface area (Å²) in [6, 6.07) is 19.3. The summed E-state index contributed by atoms with van der Waals surface area (Å²) < 4.78 is 5.22. The minimum Gasteiger partial charge on any atom is -0.497 e. The van der Waals surface area contributed by atoms with E-state index in [1.807, 2.05) is 12.1 Å². The fraction of sp³-hybridized carbons (Fsp3) is 0.435. The van der Waals surface area contributed by atoms with Crippen LogP contribution in [-0.2, 0) is 13.1 Å². The quantitative estimate of drug-likeness (QED) is 0.337. The molecule has 0 aliphatic carbocycles. The minimum absolute atomic E-state index is 0. The van der Waals surface area contributed by atoms with Crippen molar-refractivity contribution in [2.24, 2.45) is 4.99 Å². The summed E-state index contributed by atoms with van der Waals surface area (Å²) in [5, 5.41) is 7.00. The first-order valence-corrected chi connectivity index (χ1v) is 10.2. The fourth-order valence-electron chi connectivity index (χ4n) is 3.49. The Morgan fingerprint density at radius 1 is 1.03 bits per heavy atom. The molecule has 5 nitrogen and oxygen atoms in total. The number of benzene rings is 2. The van der Waals surface area contributed by atoms with E-state index in [1.54, 1.807) is 7.11 Å². The van der Waals surface area contributed by atoms with Gasteiger partial charge >= 0.3 is 0 Å². The van der Waals surface area contributed by atoms with Crippen molar-refractivity contribution in [3.8, 4) is 5.75 Å². The standard InChI is InChI=1S/C23H32N4O.HI/c1-3-24-23(25-17-19-9-11-22(28-2)12-10-19)26-21-13-15-27(16-14-21)18-20-7-5-4-6-8-20;/h4-12,21H,3,13-18H2,1-2H3,(H2,24,25,26);1H. The van der Waals surface area contributed by atoms with Crippen LogP contribution in [0.2, 0.25) is 0 Å². The topological polar surface area (TPSA) is 48.9 Å². The molecule has 0 unspecified atom stereocenters. The van der Waals surface area contributed by atoms with E-state index in [-0.39, 0.29) is 24.0 Å². The summed E-state index contributed by atoms with van der Waals surface area (Å²) in [5.74, 6) is 1.78. The molecule has 1 aliphatic rings. The van der Waals surface area contributed by atoms with E-state index in [2.05, 4.69) is 64.9 Å². The molecule has 2 N–H and O–H groups in total. The lowest BCUT2D eigenvalue weighted by molar-refractivity contribution is 0.198. The Labute approximate surface area is 192 Å². The molecule has 1 aliphatic heterocycles. The van der Waals surface area contributed by atoms with Crippen LogP contribution in [0.25, 0.3) is 0 Å². The van der Waals surface area contributed by atoms with Crippen LogP contribution >= 0.6 is 24.0 Å². The number of nitrogens with zero attached hydrogens (tertiary/aromatic N) is 2. The zero-order chi connectivity index (χ0) is 19.6. The molecule has 1 heterocycles. The maximum Gasteiger partial charge on any atom is 0.191 e. The molecule has 0 aromatic heterocycles. The van der Waals surface area contributed by atoms with Crippen molar-refractivity contribution in [3.05, 3.63) is 65.7 Å². The summed E-state index contributed by atoms with van der Waals surface area (Å²) in [7, 11) is 1.69. The summed E-state index contributed by atoms with van der Waals surface area (Å²) in [5.41, 5.74) is 2.57. The maximum atomic E-state index is 5.22. The van der Waals surface area contributed by atoms with E-state index in [0.717, 1.165) is 50.7 Å². The van der Waals surface area contributed by atoms with Gasteiger partial charge < -0.3 is 15.4 Å². The molecule has 0 radical (unpaired) electrons. The zero-order valence-electron chi connectivity index (χ0n) is 17.4. The van der Waals surface area contributed by atoms with Gasteiger partial charge in [-0.25, -0.2) is 4.99 Å². The lowest BCUT2D eigenvalue weighted by Crippen LogP contribution is -2.48. The van der Waals surface area contributed by atoms with Gasteiger partial charge in [0.2, 0.25) is 0 Å². The van der Waals surface area contributed by atoms with Crippen LogP contribution in [0.3, 0.4) is 0 Å². The third-order valence-electron chi connectivity index (χ3n) is 5.10. The van der Waals surface area contributed by atoms with Gasteiger partial charge in [0.15, 0.2) is 5.96 Å². The van der Waals surface area contributed by atoms with Crippen molar-refractivity contribution in [1.29, 1.82) is 0 Å². The number of guanidine groups is 1. The first-order chi connectivity index (χ1) is 13.8. The number of halogens is 1. The van der Waals surface area contributed by atoms with E-state index in [0.29, 0.717) is 12.6 Å². The van der Waals surface area contributed by atoms with Gasteiger partial charge in [-0.2, -0.15) is 0 Å². The fourth-order valence-corrected chi connectivity index (χ4v) is 3.49. The van der Waals surface area contributed by atoms with Crippen LogP contribution in [-0.4, -0.2) is 43.6 Å². The number of methoxy groups -OCH3 is 1. The number of piperidine rings is 1. The zero-order valence-corrected chi connectivity index (χ0v) is 19.8. The molecule has 2 aromatic rings. The molecule has 29 heavy (non-hydrogen) atoms. The van der Waals surface area contributed by atoms with Gasteiger partial charge in [0, 0.05) is 32.2 Å². The highest BCUT2D eigenvalue weighted by Crippen LogP contribution is 2.14. The van der Waals surface area contributed by atoms with E-state index in [4.69, 9.17) is 9.73 Å². The molecule has 6 heteroatoms. The Morgan fingerprint density at radius 2 is 1.72 bits per heavy atom. The number of rotatable bonds is 7. The Kier molecular flexibility index (Phi) is 10.3. The van der Waals surface area contributed by atoms with Gasteiger partial charge in [0.25, 0.3) is 0 Å². The molecular formula is C23H33IN4O. The van der Waals surface area contributed by atoms with Crippen molar-refractivity contribution in [2.45, 2.75) is 38.9 Å². The SMILES string of the molecule is CCNC(=NCc1ccc(OC)cc1)NC1CCN(Cc2ccccc2)CC1.I. The number of hydrogen-bond acceptors (Lipinski definition) is 3. The van der Waals surface area contributed by atoms with Gasteiger partial charge in [0.1, 0.15) is 5.75 Å². The van der Waals surface area contributed by atoms with Crippen LogP contribution in [0.1, 0.15) is 30.9 Å². The van der Waals surface area contributed by atoms with Crippen LogP contribution in [0.15, 0.2) is 59.6 Å². The average Bonchev–Trinajstić information content (AvgIpc) is 2.75. The number of likely N-dealkylation sites (tertiary alicyclic amines) is 1. The first kappa shape index (κ1) is 23.5. The second-order valence-corrected chi connectivity index (χ2v) is 7.22. The van der Waals surface area contributed by atoms with E-state index >= 15 is 0 Å². The second kappa shape index (κ2) is 12.7. The molecule has 3 rings (SSSR count). The predicted octanol–water partition coefficient (Wildman–Crippen LogP) is 4.03. The number of ether oxygens (including phenoxy) is 1. The number of nitrogens with one attached hydrogen (secondary N) is 2. The number of aliphatic imine (C=N–C) groups is 1. The van der Waals surface area contributed by atoms with Crippen LogP contribution in [0, 0.1) is 0 Å². The van der Waals surface area contributed by atoms with Crippen LogP contribution < -0.4 is 15.4 Å². The van der Waals surface area contributed by atoms with Gasteiger partial charge in [-0.15, -0.1) is 24.0 Å². The van der Waals surface area contributed by atoms with Crippen molar-refractivity contribution < 1.29 is 4.74 Å². The molecule has 0 bridgehead atoms. The normalized spacial score (nSPS) is 15.4. The molecular weight excluding hydrogens is 475 g/mol. The van der Waals surface area contributed by atoms with Crippen molar-refractivity contribution >= 4 is 29.9 Å². The molecule has 158 valence electrons. The molecule has 1 saturated heterocycles. The Bertz CT molecular complexity index is 728. The Balaban J connectivity index is 0.00000300. The second-order valence-electron chi connectivity index (χ2n) is 7.22. The summed E-state index contributed by atoms with van der Waals surface area (Å²) >= 11 is 0. The highest BCUT2D eigenvalue weighted by Gasteiger charge is 2.20. The van der Waals surface area contributed by atoms with Crippen LogP contribution in [0.5, 0.6) is 5.75 Å². The van der Waals surface area contributed by atoms with Gasteiger partial charge in [0.05, 0.1) is 13.7 Å². The van der Waals surface area contributed by atoms with E-state index in [9.17, 15) is 0 Å². The maximum absolute atomic E-state index is 5.22. The smallest absolute Gasteiger partial charge is 0.191 e. The summed E-state index contributed by atoms with van der Waals surface area (Å²) in [4.78, 5) is 7.30. The third kappa shape index (κ3) is 7.85. The largest absolute Gasteiger partial charge is 0.497 e. The van der Waals surface area contributed by atoms with Crippen molar-refractivity contribution in [1.82, 2.24) is 15.5 Å². The lowest BCUT2D eigenvalue weighted by atomic mass is 10.0. The van der Waals surface area contributed by atoms with Gasteiger partial charge in [-0.05, 0) is 43.0 Å².